The molecule has 0 amide bonds. The number of carboxylic acid groups (broad SMARTS) is 1. The van der Waals surface area contributed by atoms with Crippen LogP contribution >= 0.6 is 11.8 Å². The van der Waals surface area contributed by atoms with Crippen molar-refractivity contribution in [2.75, 3.05) is 0 Å². The lowest BCUT2D eigenvalue weighted by atomic mass is 9.64. The van der Waals surface area contributed by atoms with Crippen molar-refractivity contribution in [3.63, 3.8) is 0 Å². The Morgan fingerprint density at radius 3 is 2.41 bits per heavy atom. The molecule has 7 heteroatoms. The Morgan fingerprint density at radius 1 is 0.973 bits per heavy atom. The summed E-state index contributed by atoms with van der Waals surface area (Å²) in [4.78, 5) is 26.3. The van der Waals surface area contributed by atoms with E-state index < -0.39 is 34.3 Å². The van der Waals surface area contributed by atoms with Gasteiger partial charge in [-0.2, -0.15) is 0 Å². The number of carboxylic acids is 1. The Balaban J connectivity index is 1.37. The summed E-state index contributed by atoms with van der Waals surface area (Å²) in [7, 11) is 0. The Kier molecular flexibility index (Phi) is 4.93. The second kappa shape index (κ2) is 8.02. The molecule has 0 saturated heterocycles. The van der Waals surface area contributed by atoms with Crippen LogP contribution in [0.4, 0.5) is 8.78 Å². The van der Waals surface area contributed by atoms with E-state index in [9.17, 15) is 23.5 Å². The Labute approximate surface area is 215 Å². The van der Waals surface area contributed by atoms with Crippen molar-refractivity contribution in [2.24, 2.45) is 0 Å². The van der Waals surface area contributed by atoms with Gasteiger partial charge in [0, 0.05) is 17.5 Å². The summed E-state index contributed by atoms with van der Waals surface area (Å²) < 4.78 is 30.8. The monoisotopic (exact) mass is 515 g/mol. The van der Waals surface area contributed by atoms with E-state index in [4.69, 9.17) is 0 Å². The van der Waals surface area contributed by atoms with Crippen molar-refractivity contribution in [1.82, 2.24) is 4.57 Å². The third-order valence-corrected chi connectivity index (χ3v) is 9.89. The van der Waals surface area contributed by atoms with Gasteiger partial charge in [0.1, 0.15) is 11.6 Å². The highest BCUT2D eigenvalue weighted by atomic mass is 32.2. The standard InChI is InChI=1S/C30H23F2NO3S/c31-22-9-4-10-23(32)26(22)21-15-30(29(35)36)27(21)37-28-25(17-11-12-17)19(14-24(34)33(28)30)13-18-7-3-6-16-5-1-2-8-20(16)18/h1-10,14,17,21,27H,11-13,15H2,(H,35,36)/t21-,27?,30?/m0/s1. The van der Waals surface area contributed by atoms with Crippen molar-refractivity contribution in [1.29, 1.82) is 0 Å². The van der Waals surface area contributed by atoms with E-state index in [-0.39, 0.29) is 23.5 Å². The Bertz CT molecular complexity index is 1650. The number of benzene rings is 3. The third kappa shape index (κ3) is 3.19. The number of aromatic nitrogens is 1. The number of rotatable bonds is 5. The van der Waals surface area contributed by atoms with Crippen molar-refractivity contribution in [3.8, 4) is 0 Å². The molecule has 1 N–H and O–H groups in total. The van der Waals surface area contributed by atoms with Crippen LogP contribution in [0.1, 0.15) is 53.4 Å². The van der Waals surface area contributed by atoms with Gasteiger partial charge in [-0.25, -0.2) is 13.6 Å². The van der Waals surface area contributed by atoms with Gasteiger partial charge in [-0.05, 0) is 71.2 Å². The van der Waals surface area contributed by atoms with E-state index in [1.165, 1.54) is 34.5 Å². The van der Waals surface area contributed by atoms with Crippen LogP contribution in [0.15, 0.2) is 76.6 Å². The third-order valence-electron chi connectivity index (χ3n) is 8.29. The van der Waals surface area contributed by atoms with Crippen molar-refractivity contribution in [2.45, 2.75) is 53.3 Å². The first-order valence-corrected chi connectivity index (χ1v) is 13.4. The van der Waals surface area contributed by atoms with E-state index in [2.05, 4.69) is 24.3 Å². The van der Waals surface area contributed by atoms with Crippen LogP contribution in [0.5, 0.6) is 0 Å². The molecule has 1 aromatic heterocycles. The lowest BCUT2D eigenvalue weighted by molar-refractivity contribution is -0.153. The number of nitrogens with zero attached hydrogens (tertiary/aromatic N) is 1. The summed E-state index contributed by atoms with van der Waals surface area (Å²) in [6.07, 6.45) is 2.50. The number of aliphatic carboxylic acids is 1. The molecule has 2 heterocycles. The molecule has 186 valence electrons. The van der Waals surface area contributed by atoms with Crippen LogP contribution in [0.2, 0.25) is 0 Å². The number of thioether (sulfide) groups is 1. The van der Waals surface area contributed by atoms with E-state index in [1.54, 1.807) is 6.07 Å². The van der Waals surface area contributed by atoms with Gasteiger partial charge < -0.3 is 5.11 Å². The van der Waals surface area contributed by atoms with Crippen molar-refractivity contribution >= 4 is 28.5 Å². The quantitative estimate of drug-likeness (QED) is 0.344. The van der Waals surface area contributed by atoms with E-state index in [0.29, 0.717) is 11.4 Å². The number of hydrogen-bond donors (Lipinski definition) is 1. The van der Waals surface area contributed by atoms with E-state index in [0.717, 1.165) is 40.3 Å². The molecule has 4 nitrogen and oxygen atoms in total. The number of fused-ring (bicyclic) bond motifs is 4. The number of hydrogen-bond acceptors (Lipinski definition) is 3. The molecule has 7 rings (SSSR count). The zero-order valence-electron chi connectivity index (χ0n) is 19.8. The van der Waals surface area contributed by atoms with Crippen molar-refractivity contribution < 1.29 is 18.7 Å². The largest absolute Gasteiger partial charge is 0.479 e. The fraction of sp³-hybridized carbons (Fsp3) is 0.267. The molecule has 2 saturated carbocycles. The summed E-state index contributed by atoms with van der Waals surface area (Å²) in [6, 6.07) is 19.6. The van der Waals surface area contributed by atoms with Crippen LogP contribution in [-0.4, -0.2) is 20.9 Å². The lowest BCUT2D eigenvalue weighted by Gasteiger charge is -2.48. The highest BCUT2D eigenvalue weighted by Gasteiger charge is 2.67. The molecule has 0 spiro atoms. The summed E-state index contributed by atoms with van der Waals surface area (Å²) in [5.41, 5.74) is 1.10. The molecule has 1 aliphatic heterocycles. The molecule has 37 heavy (non-hydrogen) atoms. The minimum atomic E-state index is -1.50. The second-order valence-corrected chi connectivity index (χ2v) is 11.5. The van der Waals surface area contributed by atoms with Crippen LogP contribution in [0, 0.1) is 11.6 Å². The molecule has 3 aromatic carbocycles. The Hall–Kier alpha value is -3.45. The predicted octanol–water partition coefficient (Wildman–Crippen LogP) is 6.19. The summed E-state index contributed by atoms with van der Waals surface area (Å²) in [5.74, 6) is -2.84. The minimum absolute atomic E-state index is 0.0163. The van der Waals surface area contributed by atoms with E-state index in [1.807, 2.05) is 18.2 Å². The fourth-order valence-electron chi connectivity index (χ4n) is 6.42. The maximum Gasteiger partial charge on any atom is 0.331 e. The molecule has 0 radical (unpaired) electrons. The lowest BCUT2D eigenvalue weighted by Crippen LogP contribution is -2.61. The minimum Gasteiger partial charge on any atom is -0.479 e. The summed E-state index contributed by atoms with van der Waals surface area (Å²) >= 11 is 1.32. The molecule has 0 bridgehead atoms. The molecular weight excluding hydrogens is 492 g/mol. The second-order valence-electron chi connectivity index (χ2n) is 10.4. The molecule has 3 atom stereocenters. The van der Waals surface area contributed by atoms with Crippen molar-refractivity contribution in [3.05, 3.63) is 111 Å². The average Bonchev–Trinajstić information content (AvgIpc) is 3.66. The molecular formula is C30H23F2NO3S. The van der Waals surface area contributed by atoms with Gasteiger partial charge in [-0.15, -0.1) is 11.8 Å². The maximum absolute atomic E-state index is 14.7. The van der Waals surface area contributed by atoms with Gasteiger partial charge in [0.15, 0.2) is 5.54 Å². The summed E-state index contributed by atoms with van der Waals surface area (Å²) in [5, 5.41) is 12.6. The number of carbonyl (C=O) groups is 1. The number of pyridine rings is 1. The number of halogens is 2. The zero-order chi connectivity index (χ0) is 25.5. The first-order valence-electron chi connectivity index (χ1n) is 12.5. The van der Waals surface area contributed by atoms with Crippen LogP contribution in [-0.2, 0) is 16.8 Å². The normalized spacial score (nSPS) is 23.9. The van der Waals surface area contributed by atoms with Gasteiger partial charge >= 0.3 is 5.97 Å². The smallest absolute Gasteiger partial charge is 0.331 e. The van der Waals surface area contributed by atoms with Gasteiger partial charge in [-0.3, -0.25) is 9.36 Å². The van der Waals surface area contributed by atoms with Crippen LogP contribution in [0.3, 0.4) is 0 Å². The van der Waals surface area contributed by atoms with Gasteiger partial charge in [0.25, 0.3) is 5.56 Å². The molecule has 2 fully saturated rings. The first-order chi connectivity index (χ1) is 17.9. The highest BCUT2D eigenvalue weighted by molar-refractivity contribution is 8.00. The molecule has 4 aromatic rings. The molecule has 2 unspecified atom stereocenters. The van der Waals surface area contributed by atoms with Crippen LogP contribution in [0.25, 0.3) is 10.8 Å². The van der Waals surface area contributed by atoms with E-state index >= 15 is 0 Å². The first kappa shape index (κ1) is 22.7. The van der Waals surface area contributed by atoms with Gasteiger partial charge in [-0.1, -0.05) is 48.5 Å². The predicted molar refractivity (Wildman–Crippen MR) is 138 cm³/mol. The van der Waals surface area contributed by atoms with Crippen LogP contribution < -0.4 is 5.56 Å². The Morgan fingerprint density at radius 2 is 1.68 bits per heavy atom. The maximum atomic E-state index is 14.7. The molecule has 3 aliphatic rings. The molecule has 2 aliphatic carbocycles. The average molecular weight is 516 g/mol. The fourth-order valence-corrected chi connectivity index (χ4v) is 8.34. The SMILES string of the molecule is O=C(O)C12C[C@@H](c3c(F)cccc3F)C1Sc1c(C3CC3)c(Cc3cccc4ccccc34)cc(=O)n12. The van der Waals surface area contributed by atoms with Gasteiger partial charge in [0.05, 0.1) is 10.3 Å². The summed E-state index contributed by atoms with van der Waals surface area (Å²) in [6.45, 7) is 0. The van der Waals surface area contributed by atoms with Gasteiger partial charge in [0.2, 0.25) is 0 Å². The zero-order valence-corrected chi connectivity index (χ0v) is 20.6. The highest BCUT2D eigenvalue weighted by Crippen LogP contribution is 2.64. The topological polar surface area (TPSA) is 59.3 Å².